The second-order valence-electron chi connectivity index (χ2n) is 8.67. The van der Waals surface area contributed by atoms with Gasteiger partial charge in [-0.25, -0.2) is 0 Å². The first-order chi connectivity index (χ1) is 16.2. The van der Waals surface area contributed by atoms with E-state index in [4.69, 9.17) is 23.2 Å². The molecule has 0 saturated heterocycles. The molecule has 1 N–H and O–H groups in total. The van der Waals surface area contributed by atoms with Gasteiger partial charge in [-0.1, -0.05) is 53.5 Å². The van der Waals surface area contributed by atoms with E-state index >= 15 is 0 Å². The molecular weight excluding hydrogens is 473 g/mol. The van der Waals surface area contributed by atoms with Gasteiger partial charge in [0.2, 0.25) is 11.8 Å². The Morgan fingerprint density at radius 1 is 1.03 bits per heavy atom. The summed E-state index contributed by atoms with van der Waals surface area (Å²) in [5.41, 5.74) is 1.91. The van der Waals surface area contributed by atoms with Gasteiger partial charge in [0.1, 0.15) is 12.6 Å². The van der Waals surface area contributed by atoms with Crippen LogP contribution in [0.3, 0.4) is 0 Å². The van der Waals surface area contributed by atoms with Crippen LogP contribution in [0.1, 0.15) is 36.7 Å². The molecule has 0 aromatic heterocycles. The van der Waals surface area contributed by atoms with Crippen LogP contribution in [0.25, 0.3) is 10.8 Å². The van der Waals surface area contributed by atoms with E-state index in [-0.39, 0.29) is 36.9 Å². The number of anilines is 1. The molecule has 1 atom stereocenters. The summed E-state index contributed by atoms with van der Waals surface area (Å²) in [5.74, 6) is -0.883. The van der Waals surface area contributed by atoms with Crippen molar-refractivity contribution in [2.24, 2.45) is 0 Å². The minimum atomic E-state index is -0.780. The third-order valence-corrected chi connectivity index (χ3v) is 6.48. The number of benzene rings is 3. The molecule has 1 heterocycles. The summed E-state index contributed by atoms with van der Waals surface area (Å²) in [7, 11) is 0. The second kappa shape index (κ2) is 9.65. The molecule has 0 aliphatic carbocycles. The number of nitrogens with zero attached hydrogens (tertiary/aromatic N) is 2. The number of carbonyl (C=O) groups is 3. The van der Waals surface area contributed by atoms with Crippen molar-refractivity contribution in [1.29, 1.82) is 0 Å². The zero-order valence-corrected chi connectivity index (χ0v) is 20.7. The molecule has 1 aliphatic rings. The van der Waals surface area contributed by atoms with Gasteiger partial charge in [0.15, 0.2) is 0 Å². The number of carbonyl (C=O) groups excluding carboxylic acids is 3. The molecule has 0 saturated carbocycles. The van der Waals surface area contributed by atoms with Gasteiger partial charge in [0.25, 0.3) is 5.91 Å². The number of hydrogen-bond donors (Lipinski definition) is 1. The fourth-order valence-corrected chi connectivity index (χ4v) is 4.65. The standard InChI is InChI=1S/C26H25Cl2N3O3/c1-15(2)29-25(33)16(3)30(13-18-10-11-19(27)12-21(18)28)23(32)14-31-22-9-5-7-17-6-4-8-20(24(17)22)26(31)34/h4-12,15-16H,13-14H2,1-3H3,(H,29,33)/t16-/m0/s1. The van der Waals surface area contributed by atoms with Crippen molar-refractivity contribution in [3.63, 3.8) is 0 Å². The van der Waals surface area contributed by atoms with Gasteiger partial charge in [-0.05, 0) is 56.0 Å². The molecule has 0 fully saturated rings. The van der Waals surface area contributed by atoms with Crippen molar-refractivity contribution in [2.45, 2.75) is 39.4 Å². The smallest absolute Gasteiger partial charge is 0.259 e. The normalized spacial score (nSPS) is 13.5. The van der Waals surface area contributed by atoms with Gasteiger partial charge < -0.3 is 10.2 Å². The number of hydrogen-bond acceptors (Lipinski definition) is 3. The minimum absolute atomic E-state index is 0.0849. The van der Waals surface area contributed by atoms with Crippen LogP contribution in [-0.4, -0.2) is 41.2 Å². The van der Waals surface area contributed by atoms with Crippen molar-refractivity contribution in [1.82, 2.24) is 10.2 Å². The predicted octanol–water partition coefficient (Wildman–Crippen LogP) is 5.05. The van der Waals surface area contributed by atoms with Crippen molar-refractivity contribution in [3.8, 4) is 0 Å². The molecule has 34 heavy (non-hydrogen) atoms. The molecule has 0 spiro atoms. The van der Waals surface area contributed by atoms with Gasteiger partial charge in [-0.15, -0.1) is 0 Å². The zero-order valence-electron chi connectivity index (χ0n) is 19.1. The highest BCUT2D eigenvalue weighted by Crippen LogP contribution is 2.37. The van der Waals surface area contributed by atoms with E-state index < -0.39 is 6.04 Å². The summed E-state index contributed by atoms with van der Waals surface area (Å²) in [6.07, 6.45) is 0. The van der Waals surface area contributed by atoms with Crippen LogP contribution in [0.15, 0.2) is 54.6 Å². The molecule has 6 nitrogen and oxygen atoms in total. The SMILES string of the molecule is CC(C)NC(=O)[C@H](C)N(Cc1ccc(Cl)cc1Cl)C(=O)CN1C(=O)c2cccc3cccc1c23. The molecule has 8 heteroatoms. The van der Waals surface area contributed by atoms with E-state index in [0.29, 0.717) is 26.9 Å². The lowest BCUT2D eigenvalue weighted by Crippen LogP contribution is -2.51. The van der Waals surface area contributed by atoms with E-state index in [1.807, 2.05) is 44.2 Å². The maximum Gasteiger partial charge on any atom is 0.259 e. The lowest BCUT2D eigenvalue weighted by atomic mass is 10.1. The molecule has 4 rings (SSSR count). The van der Waals surface area contributed by atoms with Gasteiger partial charge in [0.05, 0.1) is 5.69 Å². The highest BCUT2D eigenvalue weighted by Gasteiger charge is 2.34. The molecule has 3 amide bonds. The van der Waals surface area contributed by atoms with Gasteiger partial charge in [-0.3, -0.25) is 19.3 Å². The second-order valence-corrected chi connectivity index (χ2v) is 9.51. The Hall–Kier alpha value is -3.09. The van der Waals surface area contributed by atoms with E-state index in [2.05, 4.69) is 5.32 Å². The van der Waals surface area contributed by atoms with Crippen molar-refractivity contribution in [3.05, 3.63) is 75.8 Å². The van der Waals surface area contributed by atoms with Crippen molar-refractivity contribution >= 4 is 57.4 Å². The van der Waals surface area contributed by atoms with Crippen LogP contribution in [0.4, 0.5) is 5.69 Å². The van der Waals surface area contributed by atoms with Crippen LogP contribution in [0, 0.1) is 0 Å². The highest BCUT2D eigenvalue weighted by molar-refractivity contribution is 6.35. The van der Waals surface area contributed by atoms with Crippen LogP contribution >= 0.6 is 23.2 Å². The first kappa shape index (κ1) is 24.0. The summed E-state index contributed by atoms with van der Waals surface area (Å²) >= 11 is 12.4. The third-order valence-electron chi connectivity index (χ3n) is 5.90. The lowest BCUT2D eigenvalue weighted by Gasteiger charge is -2.31. The zero-order chi connectivity index (χ0) is 24.6. The molecular formula is C26H25Cl2N3O3. The van der Waals surface area contributed by atoms with Gasteiger partial charge in [0, 0.05) is 33.6 Å². The summed E-state index contributed by atoms with van der Waals surface area (Å²) in [6, 6.07) is 15.3. The predicted molar refractivity (Wildman–Crippen MR) is 135 cm³/mol. The van der Waals surface area contributed by atoms with E-state index in [9.17, 15) is 14.4 Å². The average Bonchev–Trinajstić information content (AvgIpc) is 3.05. The molecule has 1 aliphatic heterocycles. The van der Waals surface area contributed by atoms with Crippen LogP contribution in [0.5, 0.6) is 0 Å². The fraction of sp³-hybridized carbons (Fsp3) is 0.269. The lowest BCUT2D eigenvalue weighted by molar-refractivity contribution is -0.139. The Bertz CT molecular complexity index is 1290. The number of nitrogens with one attached hydrogen (secondary N) is 1. The van der Waals surface area contributed by atoms with Gasteiger partial charge >= 0.3 is 0 Å². The summed E-state index contributed by atoms with van der Waals surface area (Å²) < 4.78 is 0. The van der Waals surface area contributed by atoms with Crippen LogP contribution in [-0.2, 0) is 16.1 Å². The monoisotopic (exact) mass is 497 g/mol. The van der Waals surface area contributed by atoms with Crippen LogP contribution < -0.4 is 10.2 Å². The Balaban J connectivity index is 1.65. The van der Waals surface area contributed by atoms with E-state index in [0.717, 1.165) is 10.8 Å². The van der Waals surface area contributed by atoms with Crippen LogP contribution in [0.2, 0.25) is 10.0 Å². The fourth-order valence-electron chi connectivity index (χ4n) is 4.18. The summed E-state index contributed by atoms with van der Waals surface area (Å²) in [4.78, 5) is 42.5. The quantitative estimate of drug-likeness (QED) is 0.496. The highest BCUT2D eigenvalue weighted by atomic mass is 35.5. The molecule has 3 aromatic rings. The Morgan fingerprint density at radius 2 is 1.74 bits per heavy atom. The maximum absolute atomic E-state index is 13.6. The summed E-state index contributed by atoms with van der Waals surface area (Å²) in [6.45, 7) is 5.28. The average molecular weight is 498 g/mol. The first-order valence-corrected chi connectivity index (χ1v) is 11.8. The first-order valence-electron chi connectivity index (χ1n) is 11.0. The van der Waals surface area contributed by atoms with E-state index in [1.165, 1.54) is 9.80 Å². The number of halogens is 2. The molecule has 3 aromatic carbocycles. The maximum atomic E-state index is 13.6. The van der Waals surface area contributed by atoms with Crippen molar-refractivity contribution in [2.75, 3.05) is 11.4 Å². The largest absolute Gasteiger partial charge is 0.352 e. The number of rotatable bonds is 7. The molecule has 0 bridgehead atoms. The third kappa shape index (κ3) is 4.61. The topological polar surface area (TPSA) is 69.7 Å². The Morgan fingerprint density at radius 3 is 2.41 bits per heavy atom. The van der Waals surface area contributed by atoms with Gasteiger partial charge in [-0.2, -0.15) is 0 Å². The Kier molecular flexibility index (Phi) is 6.82. The molecule has 176 valence electrons. The Labute approximate surface area is 208 Å². The molecule has 0 unspecified atom stereocenters. The van der Waals surface area contributed by atoms with E-state index in [1.54, 1.807) is 31.2 Å². The number of amides is 3. The summed E-state index contributed by atoms with van der Waals surface area (Å²) in [5, 5.41) is 5.50. The van der Waals surface area contributed by atoms with Crippen molar-refractivity contribution < 1.29 is 14.4 Å². The molecule has 0 radical (unpaired) electrons. The minimum Gasteiger partial charge on any atom is -0.352 e.